The molecule has 4 heteroatoms. The van der Waals surface area contributed by atoms with E-state index in [1.807, 2.05) is 0 Å². The summed E-state index contributed by atoms with van der Waals surface area (Å²) in [7, 11) is 2.20. The monoisotopic (exact) mass is 276 g/mol. The Labute approximate surface area is 123 Å². The van der Waals surface area contributed by atoms with Crippen LogP contribution in [0, 0.1) is 0 Å². The molecule has 1 aromatic rings. The highest BCUT2D eigenvalue weighted by molar-refractivity contribution is 5.11. The minimum absolute atomic E-state index is 0.609. The summed E-state index contributed by atoms with van der Waals surface area (Å²) in [5, 5.41) is 3.41. The molecule has 0 aromatic carbocycles. The van der Waals surface area contributed by atoms with Crippen LogP contribution in [0.25, 0.3) is 0 Å². The third-order valence-corrected chi connectivity index (χ3v) is 3.93. The summed E-state index contributed by atoms with van der Waals surface area (Å²) in [6.45, 7) is 10.8. The van der Waals surface area contributed by atoms with Crippen molar-refractivity contribution in [2.75, 3.05) is 33.2 Å². The van der Waals surface area contributed by atoms with Crippen molar-refractivity contribution in [2.24, 2.45) is 0 Å². The van der Waals surface area contributed by atoms with Crippen LogP contribution in [0.5, 0.6) is 0 Å². The number of nitrogens with one attached hydrogen (secondary N) is 1. The smallest absolute Gasteiger partial charge is 0.0548 e. The SMILES string of the molecule is CCCNCc1cccc(CN2CCN(C)CC2C)n1. The van der Waals surface area contributed by atoms with Gasteiger partial charge in [-0.1, -0.05) is 13.0 Å². The topological polar surface area (TPSA) is 31.4 Å². The van der Waals surface area contributed by atoms with Gasteiger partial charge in [0.2, 0.25) is 0 Å². The molecule has 2 rings (SSSR count). The molecule has 2 heterocycles. The molecule has 0 spiro atoms. The summed E-state index contributed by atoms with van der Waals surface area (Å²) >= 11 is 0. The van der Waals surface area contributed by atoms with Crippen molar-refractivity contribution in [3.8, 4) is 0 Å². The molecule has 1 fully saturated rings. The van der Waals surface area contributed by atoms with Gasteiger partial charge in [-0.25, -0.2) is 0 Å². The molecule has 0 aliphatic carbocycles. The first-order valence-corrected chi connectivity index (χ1v) is 7.77. The third-order valence-electron chi connectivity index (χ3n) is 3.93. The Kier molecular flexibility index (Phi) is 5.95. The van der Waals surface area contributed by atoms with Gasteiger partial charge in [0.25, 0.3) is 0 Å². The molecule has 20 heavy (non-hydrogen) atoms. The summed E-state index contributed by atoms with van der Waals surface area (Å²) in [6.07, 6.45) is 1.17. The van der Waals surface area contributed by atoms with Gasteiger partial charge >= 0.3 is 0 Å². The molecule has 112 valence electrons. The molecule has 1 saturated heterocycles. The second kappa shape index (κ2) is 7.72. The lowest BCUT2D eigenvalue weighted by Gasteiger charge is -2.38. The Morgan fingerprint density at radius 2 is 2.10 bits per heavy atom. The summed E-state index contributed by atoms with van der Waals surface area (Å²) in [5.74, 6) is 0. The van der Waals surface area contributed by atoms with E-state index >= 15 is 0 Å². The fourth-order valence-corrected chi connectivity index (χ4v) is 2.73. The van der Waals surface area contributed by atoms with E-state index in [-0.39, 0.29) is 0 Å². The van der Waals surface area contributed by atoms with Crippen LogP contribution in [-0.4, -0.2) is 54.1 Å². The largest absolute Gasteiger partial charge is 0.311 e. The number of hydrogen-bond donors (Lipinski definition) is 1. The van der Waals surface area contributed by atoms with Crippen LogP contribution >= 0.6 is 0 Å². The number of piperazine rings is 1. The first-order chi connectivity index (χ1) is 9.69. The molecule has 4 nitrogen and oxygen atoms in total. The lowest BCUT2D eigenvalue weighted by Crippen LogP contribution is -2.49. The van der Waals surface area contributed by atoms with Crippen LogP contribution in [0.4, 0.5) is 0 Å². The standard InChI is InChI=1S/C16H28N4/c1-4-8-17-11-15-6-5-7-16(18-15)13-20-10-9-19(3)12-14(20)2/h5-7,14,17H,4,8-13H2,1-3H3. The van der Waals surface area contributed by atoms with Crippen molar-refractivity contribution < 1.29 is 0 Å². The Morgan fingerprint density at radius 3 is 2.85 bits per heavy atom. The third kappa shape index (κ3) is 4.54. The van der Waals surface area contributed by atoms with E-state index in [0.29, 0.717) is 6.04 Å². The van der Waals surface area contributed by atoms with E-state index in [1.54, 1.807) is 0 Å². The van der Waals surface area contributed by atoms with Crippen molar-refractivity contribution in [1.82, 2.24) is 20.1 Å². The van der Waals surface area contributed by atoms with E-state index in [2.05, 4.69) is 54.2 Å². The molecule has 1 aromatic heterocycles. The van der Waals surface area contributed by atoms with Crippen LogP contribution in [0.3, 0.4) is 0 Å². The van der Waals surface area contributed by atoms with Gasteiger partial charge in [0, 0.05) is 38.8 Å². The van der Waals surface area contributed by atoms with Gasteiger partial charge in [0.15, 0.2) is 0 Å². The van der Waals surface area contributed by atoms with Gasteiger partial charge in [-0.05, 0) is 39.1 Å². The minimum atomic E-state index is 0.609. The van der Waals surface area contributed by atoms with E-state index in [1.165, 1.54) is 12.1 Å². The van der Waals surface area contributed by atoms with E-state index < -0.39 is 0 Å². The molecule has 0 saturated carbocycles. The van der Waals surface area contributed by atoms with Crippen molar-refractivity contribution in [2.45, 2.75) is 39.4 Å². The van der Waals surface area contributed by atoms with Gasteiger partial charge in [0.1, 0.15) is 0 Å². The van der Waals surface area contributed by atoms with Crippen LogP contribution in [-0.2, 0) is 13.1 Å². The Balaban J connectivity index is 1.90. The average molecular weight is 276 g/mol. The van der Waals surface area contributed by atoms with Gasteiger partial charge in [-0.15, -0.1) is 0 Å². The van der Waals surface area contributed by atoms with Crippen molar-refractivity contribution in [1.29, 1.82) is 0 Å². The lowest BCUT2D eigenvalue weighted by molar-refractivity contribution is 0.0926. The highest BCUT2D eigenvalue weighted by Gasteiger charge is 2.21. The van der Waals surface area contributed by atoms with Crippen LogP contribution in [0.1, 0.15) is 31.7 Å². The molecule has 1 aliphatic rings. The van der Waals surface area contributed by atoms with Crippen LogP contribution in [0.15, 0.2) is 18.2 Å². The molecule has 1 N–H and O–H groups in total. The maximum Gasteiger partial charge on any atom is 0.0548 e. The second-order valence-corrected chi connectivity index (χ2v) is 5.88. The number of rotatable bonds is 6. The Morgan fingerprint density at radius 1 is 1.30 bits per heavy atom. The lowest BCUT2D eigenvalue weighted by atomic mass is 10.2. The van der Waals surface area contributed by atoms with Crippen molar-refractivity contribution >= 4 is 0 Å². The summed E-state index contributed by atoms with van der Waals surface area (Å²) in [4.78, 5) is 9.71. The zero-order chi connectivity index (χ0) is 14.4. The quantitative estimate of drug-likeness (QED) is 0.802. The molecular formula is C16H28N4. The predicted molar refractivity (Wildman–Crippen MR) is 83.6 cm³/mol. The highest BCUT2D eigenvalue weighted by atomic mass is 15.3. The molecular weight excluding hydrogens is 248 g/mol. The van der Waals surface area contributed by atoms with E-state index in [4.69, 9.17) is 4.98 Å². The maximum absolute atomic E-state index is 4.77. The fraction of sp³-hybridized carbons (Fsp3) is 0.688. The molecule has 0 amide bonds. The number of aromatic nitrogens is 1. The van der Waals surface area contributed by atoms with Crippen LogP contribution in [0.2, 0.25) is 0 Å². The Bertz CT molecular complexity index is 407. The first kappa shape index (κ1) is 15.4. The average Bonchev–Trinajstić information content (AvgIpc) is 2.43. The van der Waals surface area contributed by atoms with Gasteiger partial charge in [0.05, 0.1) is 11.4 Å². The minimum Gasteiger partial charge on any atom is -0.311 e. The fourth-order valence-electron chi connectivity index (χ4n) is 2.73. The normalized spacial score (nSPS) is 21.2. The van der Waals surface area contributed by atoms with Gasteiger partial charge in [-0.3, -0.25) is 9.88 Å². The second-order valence-electron chi connectivity index (χ2n) is 5.88. The van der Waals surface area contributed by atoms with Crippen molar-refractivity contribution in [3.05, 3.63) is 29.6 Å². The van der Waals surface area contributed by atoms with E-state index in [0.717, 1.165) is 45.0 Å². The number of likely N-dealkylation sites (N-methyl/N-ethyl adjacent to an activating group) is 1. The number of hydrogen-bond acceptors (Lipinski definition) is 4. The highest BCUT2D eigenvalue weighted by Crippen LogP contribution is 2.12. The number of nitrogens with zero attached hydrogens (tertiary/aromatic N) is 3. The molecule has 1 aliphatic heterocycles. The zero-order valence-electron chi connectivity index (χ0n) is 13.1. The molecule has 1 atom stereocenters. The van der Waals surface area contributed by atoms with Gasteiger partial charge in [-0.2, -0.15) is 0 Å². The van der Waals surface area contributed by atoms with Gasteiger partial charge < -0.3 is 10.2 Å². The molecule has 0 bridgehead atoms. The summed E-state index contributed by atoms with van der Waals surface area (Å²) < 4.78 is 0. The van der Waals surface area contributed by atoms with Crippen molar-refractivity contribution in [3.63, 3.8) is 0 Å². The first-order valence-electron chi connectivity index (χ1n) is 7.77. The molecule has 1 unspecified atom stereocenters. The predicted octanol–water partition coefficient (Wildman–Crippen LogP) is 1.72. The van der Waals surface area contributed by atoms with Crippen LogP contribution < -0.4 is 5.32 Å². The maximum atomic E-state index is 4.77. The van der Waals surface area contributed by atoms with E-state index in [9.17, 15) is 0 Å². The Hall–Kier alpha value is -0.970. The summed E-state index contributed by atoms with van der Waals surface area (Å²) in [6, 6.07) is 7.00. The summed E-state index contributed by atoms with van der Waals surface area (Å²) in [5.41, 5.74) is 2.34. The molecule has 0 radical (unpaired) electrons. The zero-order valence-corrected chi connectivity index (χ0v) is 13.1. The number of pyridine rings is 1.